The van der Waals surface area contributed by atoms with Gasteiger partial charge in [-0.3, -0.25) is 4.79 Å². The minimum atomic E-state index is -0.900. The van der Waals surface area contributed by atoms with E-state index in [-0.39, 0.29) is 5.75 Å². The van der Waals surface area contributed by atoms with Crippen molar-refractivity contribution in [2.45, 2.75) is 45.4 Å². The molecule has 0 N–H and O–H groups in total. The number of ether oxygens (including phenoxy) is 1. The number of carbonyl (C=O) groups excluding carboxylic acids is 1. The molecule has 1 aliphatic carbocycles. The topological polar surface area (TPSA) is 26.3 Å². The van der Waals surface area contributed by atoms with Crippen molar-refractivity contribution in [1.29, 1.82) is 0 Å². The van der Waals surface area contributed by atoms with Crippen molar-refractivity contribution in [3.05, 3.63) is 29.3 Å². The second kappa shape index (κ2) is 6.82. The molecule has 0 radical (unpaired) electrons. The smallest absolute Gasteiger partial charge is 0.200 e. The summed E-state index contributed by atoms with van der Waals surface area (Å²) in [6.07, 6.45) is 4.32. The lowest BCUT2D eigenvalue weighted by Crippen LogP contribution is -2.14. The largest absolute Gasteiger partial charge is 0.491 e. The highest BCUT2D eigenvalue weighted by Crippen LogP contribution is 2.28. The quantitative estimate of drug-likeness (QED) is 0.814. The minimum absolute atomic E-state index is 0.0305. The van der Waals surface area contributed by atoms with Crippen molar-refractivity contribution in [3.8, 4) is 5.75 Å². The van der Waals surface area contributed by atoms with Gasteiger partial charge in [0.25, 0.3) is 0 Å². The van der Waals surface area contributed by atoms with E-state index < -0.39 is 11.6 Å². The summed E-state index contributed by atoms with van der Waals surface area (Å²) >= 11 is 0. The first-order valence-electron chi connectivity index (χ1n) is 7.23. The zero-order valence-electron chi connectivity index (χ0n) is 11.8. The molecule has 1 aliphatic rings. The zero-order chi connectivity index (χ0) is 14.5. The molecular weight excluding hydrogens is 262 g/mol. The van der Waals surface area contributed by atoms with Crippen LogP contribution in [-0.2, 0) is 11.2 Å². The molecule has 0 saturated heterocycles. The predicted molar refractivity (Wildman–Crippen MR) is 72.8 cm³/mol. The van der Waals surface area contributed by atoms with E-state index in [2.05, 4.69) is 0 Å². The second-order valence-corrected chi connectivity index (χ2v) is 5.30. The SMILES string of the molecule is CCOc1ccc(CCC2CCC(=O)CC2)c(F)c1F. The Balaban J connectivity index is 1.96. The molecule has 1 aromatic rings. The number of ketones is 1. The highest BCUT2D eigenvalue weighted by molar-refractivity contribution is 5.79. The van der Waals surface area contributed by atoms with E-state index in [4.69, 9.17) is 4.74 Å². The van der Waals surface area contributed by atoms with Crippen molar-refractivity contribution in [3.63, 3.8) is 0 Å². The predicted octanol–water partition coefficient (Wildman–Crippen LogP) is 4.06. The molecule has 0 amide bonds. The lowest BCUT2D eigenvalue weighted by Gasteiger charge is -2.20. The Labute approximate surface area is 118 Å². The van der Waals surface area contributed by atoms with Crippen LogP contribution in [0.3, 0.4) is 0 Å². The summed E-state index contributed by atoms with van der Waals surface area (Å²) in [5, 5.41) is 0. The molecule has 20 heavy (non-hydrogen) atoms. The van der Waals surface area contributed by atoms with Crippen LogP contribution < -0.4 is 4.74 Å². The molecule has 0 aliphatic heterocycles. The van der Waals surface area contributed by atoms with Gasteiger partial charge in [-0.25, -0.2) is 4.39 Å². The average Bonchev–Trinajstić information content (AvgIpc) is 2.45. The van der Waals surface area contributed by atoms with Gasteiger partial charge in [0.1, 0.15) is 5.78 Å². The van der Waals surface area contributed by atoms with Gasteiger partial charge in [0.15, 0.2) is 11.6 Å². The fourth-order valence-electron chi connectivity index (χ4n) is 2.68. The number of hydrogen-bond donors (Lipinski definition) is 0. The van der Waals surface area contributed by atoms with Crippen LogP contribution >= 0.6 is 0 Å². The number of benzene rings is 1. The first kappa shape index (κ1) is 14.9. The van der Waals surface area contributed by atoms with Gasteiger partial charge in [-0.2, -0.15) is 4.39 Å². The van der Waals surface area contributed by atoms with Crippen LogP contribution in [0.1, 0.15) is 44.6 Å². The third-order valence-corrected chi connectivity index (χ3v) is 3.91. The molecule has 1 aromatic carbocycles. The summed E-state index contributed by atoms with van der Waals surface area (Å²) in [7, 11) is 0. The molecular formula is C16H20F2O2. The number of aryl methyl sites for hydroxylation is 1. The molecule has 0 unspecified atom stereocenters. The van der Waals surface area contributed by atoms with Gasteiger partial charge in [-0.1, -0.05) is 6.07 Å². The second-order valence-electron chi connectivity index (χ2n) is 5.30. The summed E-state index contributed by atoms with van der Waals surface area (Å²) in [4.78, 5) is 11.2. The minimum Gasteiger partial charge on any atom is -0.491 e. The normalized spacial score (nSPS) is 16.4. The van der Waals surface area contributed by atoms with E-state index in [1.165, 1.54) is 6.07 Å². The number of hydrogen-bond acceptors (Lipinski definition) is 2. The van der Waals surface area contributed by atoms with E-state index in [9.17, 15) is 13.6 Å². The summed E-state index contributed by atoms with van der Waals surface area (Å²) in [6.45, 7) is 2.04. The van der Waals surface area contributed by atoms with Crippen LogP contribution in [0.5, 0.6) is 5.75 Å². The van der Waals surface area contributed by atoms with Gasteiger partial charge in [-0.15, -0.1) is 0 Å². The molecule has 1 fully saturated rings. The average molecular weight is 282 g/mol. The highest BCUT2D eigenvalue weighted by atomic mass is 19.2. The van der Waals surface area contributed by atoms with E-state index >= 15 is 0 Å². The maximum Gasteiger partial charge on any atom is 0.200 e. The summed E-state index contributed by atoms with van der Waals surface area (Å²) in [5.74, 6) is -0.968. The summed E-state index contributed by atoms with van der Waals surface area (Å²) in [6, 6.07) is 3.08. The van der Waals surface area contributed by atoms with Crippen molar-refractivity contribution < 1.29 is 18.3 Å². The molecule has 110 valence electrons. The van der Waals surface area contributed by atoms with Crippen LogP contribution in [0.25, 0.3) is 0 Å². The van der Waals surface area contributed by atoms with E-state index in [0.717, 1.165) is 19.3 Å². The molecule has 0 spiro atoms. The maximum absolute atomic E-state index is 13.9. The summed E-state index contributed by atoms with van der Waals surface area (Å²) in [5.41, 5.74) is 0.392. The Hall–Kier alpha value is -1.45. The monoisotopic (exact) mass is 282 g/mol. The van der Waals surface area contributed by atoms with Crippen molar-refractivity contribution in [2.24, 2.45) is 5.92 Å². The van der Waals surface area contributed by atoms with Crippen LogP contribution in [-0.4, -0.2) is 12.4 Å². The van der Waals surface area contributed by atoms with Gasteiger partial charge in [-0.05, 0) is 50.2 Å². The number of halogens is 2. The Morgan fingerprint density at radius 2 is 1.90 bits per heavy atom. The molecule has 0 heterocycles. The Kier molecular flexibility index (Phi) is 5.10. The van der Waals surface area contributed by atoms with Crippen LogP contribution in [0, 0.1) is 17.6 Å². The first-order valence-corrected chi connectivity index (χ1v) is 7.23. The van der Waals surface area contributed by atoms with Gasteiger partial charge in [0, 0.05) is 12.8 Å². The van der Waals surface area contributed by atoms with Gasteiger partial charge in [0.2, 0.25) is 5.82 Å². The first-order chi connectivity index (χ1) is 9.61. The van der Waals surface area contributed by atoms with E-state index in [1.54, 1.807) is 13.0 Å². The fourth-order valence-corrected chi connectivity index (χ4v) is 2.68. The molecule has 4 heteroatoms. The van der Waals surface area contributed by atoms with Crippen LogP contribution in [0.4, 0.5) is 8.78 Å². The van der Waals surface area contributed by atoms with Gasteiger partial charge >= 0.3 is 0 Å². The maximum atomic E-state index is 13.9. The lowest BCUT2D eigenvalue weighted by atomic mass is 9.84. The molecule has 0 aromatic heterocycles. The molecule has 0 atom stereocenters. The lowest BCUT2D eigenvalue weighted by molar-refractivity contribution is -0.121. The van der Waals surface area contributed by atoms with Crippen molar-refractivity contribution in [1.82, 2.24) is 0 Å². The third-order valence-electron chi connectivity index (χ3n) is 3.91. The summed E-state index contributed by atoms with van der Waals surface area (Å²) < 4.78 is 32.6. The van der Waals surface area contributed by atoms with Gasteiger partial charge < -0.3 is 4.74 Å². The zero-order valence-corrected chi connectivity index (χ0v) is 11.8. The standard InChI is InChI=1S/C16H20F2O2/c1-2-20-14-10-7-12(15(17)16(14)18)6-3-11-4-8-13(19)9-5-11/h7,10-11H,2-6,8-9H2,1H3. The fraction of sp³-hybridized carbons (Fsp3) is 0.562. The van der Waals surface area contributed by atoms with E-state index in [1.807, 2.05) is 0 Å². The molecule has 1 saturated carbocycles. The van der Waals surface area contributed by atoms with Gasteiger partial charge in [0.05, 0.1) is 6.61 Å². The third kappa shape index (κ3) is 3.56. The van der Waals surface area contributed by atoms with Crippen LogP contribution in [0.2, 0.25) is 0 Å². The Bertz CT molecular complexity index is 476. The Morgan fingerprint density at radius 1 is 1.20 bits per heavy atom. The van der Waals surface area contributed by atoms with Crippen molar-refractivity contribution >= 4 is 5.78 Å². The highest BCUT2D eigenvalue weighted by Gasteiger charge is 2.20. The molecule has 2 rings (SSSR count). The molecule has 0 bridgehead atoms. The Morgan fingerprint density at radius 3 is 2.55 bits per heavy atom. The van der Waals surface area contributed by atoms with E-state index in [0.29, 0.717) is 43.1 Å². The number of carbonyl (C=O) groups is 1. The van der Waals surface area contributed by atoms with Crippen molar-refractivity contribution in [2.75, 3.05) is 6.61 Å². The molecule has 2 nitrogen and oxygen atoms in total. The van der Waals surface area contributed by atoms with Crippen LogP contribution in [0.15, 0.2) is 12.1 Å². The number of rotatable bonds is 5. The number of Topliss-reactive ketones (excluding diaryl/α,β-unsaturated/α-hetero) is 1.